The summed E-state index contributed by atoms with van der Waals surface area (Å²) in [5, 5.41) is 27.8. The van der Waals surface area contributed by atoms with Gasteiger partial charge in [-0.15, -0.1) is 0 Å². The molecule has 0 aliphatic rings. The summed E-state index contributed by atoms with van der Waals surface area (Å²) in [5.74, 6) is -3.27. The zero-order valence-electron chi connectivity index (χ0n) is 12.5. The molecule has 0 aliphatic carbocycles. The molecule has 6 nitrogen and oxygen atoms in total. The Morgan fingerprint density at radius 1 is 1.09 bits per heavy atom. The van der Waals surface area contributed by atoms with E-state index >= 15 is 0 Å². The number of hydrogen-bond acceptors (Lipinski definition) is 4. The van der Waals surface area contributed by atoms with Crippen LogP contribution in [0.2, 0.25) is 0 Å². The van der Waals surface area contributed by atoms with Crippen LogP contribution in [0.1, 0.15) is 56.0 Å². The third kappa shape index (κ3) is 3.23. The lowest BCUT2D eigenvalue weighted by molar-refractivity contribution is 0.0650. The predicted octanol–water partition coefficient (Wildman–Crippen LogP) is 1.94. The number of aliphatic hydroxyl groups is 1. The first-order valence-corrected chi connectivity index (χ1v) is 6.72. The van der Waals surface area contributed by atoms with Gasteiger partial charge in [0.05, 0.1) is 11.1 Å². The minimum absolute atomic E-state index is 0.0393. The van der Waals surface area contributed by atoms with Gasteiger partial charge in [0.1, 0.15) is 0 Å². The van der Waals surface area contributed by atoms with Crippen molar-refractivity contribution in [1.29, 1.82) is 0 Å². The number of carbonyl (C=O) groups is 3. The molecular formula is C16H18O6. The summed E-state index contributed by atoms with van der Waals surface area (Å²) in [7, 11) is 0. The molecule has 1 rings (SSSR count). The van der Waals surface area contributed by atoms with Crippen LogP contribution in [0.5, 0.6) is 0 Å². The van der Waals surface area contributed by atoms with Gasteiger partial charge < -0.3 is 15.3 Å². The highest BCUT2D eigenvalue weighted by Gasteiger charge is 2.27. The molecule has 22 heavy (non-hydrogen) atoms. The summed E-state index contributed by atoms with van der Waals surface area (Å²) in [6, 6.07) is 1.09. The molecule has 1 aromatic carbocycles. The summed E-state index contributed by atoms with van der Waals surface area (Å²) in [6.45, 7) is 6.43. The molecular weight excluding hydrogens is 288 g/mol. The van der Waals surface area contributed by atoms with Crippen molar-refractivity contribution in [2.45, 2.75) is 26.7 Å². The number of ketones is 1. The maximum Gasteiger partial charge on any atom is 0.336 e. The van der Waals surface area contributed by atoms with E-state index in [1.165, 1.54) is 6.92 Å². The van der Waals surface area contributed by atoms with E-state index in [2.05, 4.69) is 6.58 Å². The minimum Gasteiger partial charge on any atom is -0.478 e. The van der Waals surface area contributed by atoms with Crippen LogP contribution >= 0.6 is 0 Å². The van der Waals surface area contributed by atoms with Crippen molar-refractivity contribution in [3.05, 3.63) is 46.0 Å². The smallest absolute Gasteiger partial charge is 0.336 e. The Balaban J connectivity index is 3.89. The first-order chi connectivity index (χ1) is 10.3. The Morgan fingerprint density at radius 2 is 1.68 bits per heavy atom. The summed E-state index contributed by atoms with van der Waals surface area (Å²) < 4.78 is 0. The van der Waals surface area contributed by atoms with E-state index in [1.54, 1.807) is 6.92 Å². The van der Waals surface area contributed by atoms with E-state index in [0.29, 0.717) is 12.0 Å². The second-order valence-electron chi connectivity index (χ2n) is 4.85. The van der Waals surface area contributed by atoms with E-state index in [-0.39, 0.29) is 35.3 Å². The number of carboxylic acid groups (broad SMARTS) is 2. The molecule has 0 saturated heterocycles. The molecule has 0 amide bonds. The first kappa shape index (κ1) is 17.6. The molecule has 0 radical (unpaired) electrons. The van der Waals surface area contributed by atoms with Crippen molar-refractivity contribution in [1.82, 2.24) is 0 Å². The van der Waals surface area contributed by atoms with Crippen molar-refractivity contribution in [2.24, 2.45) is 0 Å². The van der Waals surface area contributed by atoms with Crippen molar-refractivity contribution < 1.29 is 29.7 Å². The highest BCUT2D eigenvalue weighted by Crippen LogP contribution is 2.27. The molecule has 0 saturated carbocycles. The molecule has 0 spiro atoms. The van der Waals surface area contributed by atoms with Gasteiger partial charge in [0.25, 0.3) is 0 Å². The third-order valence-corrected chi connectivity index (χ3v) is 3.34. The van der Waals surface area contributed by atoms with Crippen molar-refractivity contribution in [2.75, 3.05) is 6.61 Å². The lowest BCUT2D eigenvalue weighted by atomic mass is 9.86. The van der Waals surface area contributed by atoms with E-state index < -0.39 is 23.3 Å². The molecule has 3 N–H and O–H groups in total. The number of carboxylic acids is 2. The lowest BCUT2D eigenvalue weighted by Crippen LogP contribution is -2.18. The average Bonchev–Trinajstić information content (AvgIpc) is 2.44. The number of benzene rings is 1. The fourth-order valence-electron chi connectivity index (χ4n) is 2.42. The second-order valence-corrected chi connectivity index (χ2v) is 4.85. The zero-order valence-corrected chi connectivity index (χ0v) is 12.5. The van der Waals surface area contributed by atoms with Gasteiger partial charge in [0.2, 0.25) is 0 Å². The molecule has 6 heteroatoms. The number of allylic oxidation sites excluding steroid dienone is 1. The molecule has 1 aromatic rings. The molecule has 0 unspecified atom stereocenters. The van der Waals surface area contributed by atoms with Gasteiger partial charge in [-0.25, -0.2) is 9.59 Å². The molecule has 0 fully saturated rings. The quantitative estimate of drug-likeness (QED) is 0.524. The number of rotatable bonds is 7. The Labute approximate surface area is 127 Å². The van der Waals surface area contributed by atoms with Crippen LogP contribution in [0, 0.1) is 0 Å². The van der Waals surface area contributed by atoms with Gasteiger partial charge >= 0.3 is 11.9 Å². The maximum atomic E-state index is 12.2. The van der Waals surface area contributed by atoms with Crippen LogP contribution in [0.3, 0.4) is 0 Å². The fourth-order valence-corrected chi connectivity index (χ4v) is 2.42. The van der Waals surface area contributed by atoms with Crippen molar-refractivity contribution >= 4 is 17.7 Å². The van der Waals surface area contributed by atoms with E-state index in [0.717, 1.165) is 6.07 Å². The SMILES string of the molecule is C=C(C)C(=O)c1cc(C(=O)O)c(C(=O)O)c(CCO)c1CC. The van der Waals surface area contributed by atoms with Crippen molar-refractivity contribution in [3.63, 3.8) is 0 Å². The van der Waals surface area contributed by atoms with Crippen LogP contribution < -0.4 is 0 Å². The molecule has 118 valence electrons. The number of aromatic carboxylic acids is 2. The van der Waals surface area contributed by atoms with Crippen LogP contribution in [-0.2, 0) is 12.8 Å². The monoisotopic (exact) mass is 306 g/mol. The van der Waals surface area contributed by atoms with Crippen LogP contribution in [0.15, 0.2) is 18.2 Å². The number of hydrogen-bond donors (Lipinski definition) is 3. The zero-order chi connectivity index (χ0) is 17.0. The van der Waals surface area contributed by atoms with Crippen LogP contribution in [0.4, 0.5) is 0 Å². The average molecular weight is 306 g/mol. The van der Waals surface area contributed by atoms with Gasteiger partial charge in [0.15, 0.2) is 5.78 Å². The molecule has 0 bridgehead atoms. The topological polar surface area (TPSA) is 112 Å². The van der Waals surface area contributed by atoms with E-state index in [9.17, 15) is 29.7 Å². The number of Topliss-reactive ketones (excluding diaryl/α,β-unsaturated/α-hetero) is 1. The molecule has 0 aromatic heterocycles. The second kappa shape index (κ2) is 7.00. The predicted molar refractivity (Wildman–Crippen MR) is 79.7 cm³/mol. The van der Waals surface area contributed by atoms with Gasteiger partial charge in [-0.2, -0.15) is 0 Å². The Kier molecular flexibility index (Phi) is 5.59. The number of aliphatic hydroxyl groups excluding tert-OH is 1. The molecule has 0 atom stereocenters. The Morgan fingerprint density at radius 3 is 2.05 bits per heavy atom. The summed E-state index contributed by atoms with van der Waals surface area (Å²) >= 11 is 0. The van der Waals surface area contributed by atoms with Crippen LogP contribution in [0.25, 0.3) is 0 Å². The van der Waals surface area contributed by atoms with Gasteiger partial charge in [-0.3, -0.25) is 4.79 Å². The minimum atomic E-state index is -1.44. The van der Waals surface area contributed by atoms with E-state index in [4.69, 9.17) is 0 Å². The number of carbonyl (C=O) groups excluding carboxylic acids is 1. The van der Waals surface area contributed by atoms with Gasteiger partial charge in [-0.05, 0) is 42.5 Å². The normalized spacial score (nSPS) is 10.3. The highest BCUT2D eigenvalue weighted by molar-refractivity contribution is 6.12. The molecule has 0 heterocycles. The van der Waals surface area contributed by atoms with Gasteiger partial charge in [-0.1, -0.05) is 13.5 Å². The van der Waals surface area contributed by atoms with E-state index in [1.807, 2.05) is 0 Å². The maximum absolute atomic E-state index is 12.2. The standard InChI is InChI=1S/C16H18O6/c1-4-9-10(5-6-17)13(16(21)22)12(15(19)20)7-11(9)14(18)8(2)3/h7,17H,2,4-6H2,1,3H3,(H,19,20)(H,21,22). The summed E-state index contributed by atoms with van der Waals surface area (Å²) in [6.07, 6.45) is 0.298. The van der Waals surface area contributed by atoms with Crippen molar-refractivity contribution in [3.8, 4) is 0 Å². The first-order valence-electron chi connectivity index (χ1n) is 6.72. The molecule has 0 aliphatic heterocycles. The summed E-state index contributed by atoms with van der Waals surface area (Å²) in [4.78, 5) is 35.1. The largest absolute Gasteiger partial charge is 0.478 e. The summed E-state index contributed by atoms with van der Waals surface area (Å²) in [5.41, 5.74) is 0.130. The Bertz CT molecular complexity index is 657. The van der Waals surface area contributed by atoms with Crippen LogP contribution in [-0.4, -0.2) is 39.6 Å². The fraction of sp³-hybridized carbons (Fsp3) is 0.312. The van der Waals surface area contributed by atoms with Gasteiger partial charge in [0, 0.05) is 12.2 Å². The lowest BCUT2D eigenvalue weighted by Gasteiger charge is -2.17. The third-order valence-electron chi connectivity index (χ3n) is 3.34. The highest BCUT2D eigenvalue weighted by atomic mass is 16.4. The Hall–Kier alpha value is -2.47.